The quantitative estimate of drug-likeness (QED) is 0.134. The van der Waals surface area contributed by atoms with E-state index in [1.54, 1.807) is 0 Å². The van der Waals surface area contributed by atoms with Crippen molar-refractivity contribution in [3.05, 3.63) is 205 Å². The van der Waals surface area contributed by atoms with Crippen molar-refractivity contribution in [1.29, 1.82) is 0 Å². The Kier molecular flexibility index (Phi) is 7.07. The van der Waals surface area contributed by atoms with E-state index in [0.29, 0.717) is 0 Å². The lowest BCUT2D eigenvalue weighted by atomic mass is 9.69. The second-order valence-corrected chi connectivity index (χ2v) is 15.8. The molecule has 9 aromatic rings. The zero-order valence-corrected chi connectivity index (χ0v) is 31.1. The Morgan fingerprint density at radius 1 is 0.404 bits per heavy atom. The molecule has 0 amide bonds. The molecular formula is C55H36O2. The van der Waals surface area contributed by atoms with Gasteiger partial charge in [-0.1, -0.05) is 182 Å². The van der Waals surface area contributed by atoms with Crippen molar-refractivity contribution in [1.82, 2.24) is 0 Å². The average molecular weight is 729 g/mol. The van der Waals surface area contributed by atoms with E-state index < -0.39 is 0 Å². The van der Waals surface area contributed by atoms with Crippen LogP contribution >= 0.6 is 0 Å². The van der Waals surface area contributed by atoms with E-state index in [9.17, 15) is 4.79 Å². The van der Waals surface area contributed by atoms with E-state index >= 15 is 0 Å². The number of ether oxygens (including phenoxy) is 1. The highest BCUT2D eigenvalue weighted by Crippen LogP contribution is 2.46. The molecule has 1 fully saturated rings. The van der Waals surface area contributed by atoms with Crippen LogP contribution in [-0.4, -0.2) is 12.1 Å². The minimum atomic E-state index is -0.345. The second kappa shape index (κ2) is 12.5. The maximum Gasteiger partial charge on any atom is 0.314 e. The molecule has 268 valence electrons. The molecule has 57 heavy (non-hydrogen) atoms. The summed E-state index contributed by atoms with van der Waals surface area (Å²) in [5, 5.41) is 15.1. The van der Waals surface area contributed by atoms with Crippen LogP contribution in [-0.2, 0) is 9.53 Å². The van der Waals surface area contributed by atoms with E-state index in [4.69, 9.17) is 4.74 Å². The van der Waals surface area contributed by atoms with Gasteiger partial charge in [-0.25, -0.2) is 0 Å². The van der Waals surface area contributed by atoms with Gasteiger partial charge in [0, 0.05) is 17.4 Å². The first-order chi connectivity index (χ1) is 28.2. The highest BCUT2D eigenvalue weighted by Gasteiger charge is 2.46. The van der Waals surface area contributed by atoms with E-state index in [1.807, 2.05) is 0 Å². The largest absolute Gasteiger partial charge is 0.456 e. The summed E-state index contributed by atoms with van der Waals surface area (Å²) in [6.07, 6.45) is 12.8. The van der Waals surface area contributed by atoms with Crippen LogP contribution in [0.4, 0.5) is 0 Å². The number of carbonyl (C=O) groups excluding carboxylic acids is 1. The van der Waals surface area contributed by atoms with Crippen LogP contribution < -0.4 is 0 Å². The van der Waals surface area contributed by atoms with Crippen LogP contribution in [0.5, 0.6) is 0 Å². The summed E-state index contributed by atoms with van der Waals surface area (Å²) in [6, 6.07) is 57.1. The molecule has 0 radical (unpaired) electrons. The second-order valence-electron chi connectivity index (χ2n) is 15.8. The van der Waals surface area contributed by atoms with Gasteiger partial charge in [0.05, 0.1) is 5.92 Å². The van der Waals surface area contributed by atoms with Crippen molar-refractivity contribution in [2.45, 2.75) is 6.10 Å². The minimum absolute atomic E-state index is 0.0213. The number of hydrogen-bond acceptors (Lipinski definition) is 2. The van der Waals surface area contributed by atoms with Gasteiger partial charge in [-0.05, 0) is 105 Å². The monoisotopic (exact) mass is 728 g/mol. The van der Waals surface area contributed by atoms with E-state index in [-0.39, 0.29) is 29.8 Å². The van der Waals surface area contributed by atoms with Crippen molar-refractivity contribution in [3.8, 4) is 11.1 Å². The van der Waals surface area contributed by atoms with Crippen molar-refractivity contribution >= 4 is 81.8 Å². The molecule has 0 bridgehead atoms. The Bertz CT molecular complexity index is 3230. The summed E-state index contributed by atoms with van der Waals surface area (Å²) in [6.45, 7) is 0. The summed E-state index contributed by atoms with van der Waals surface area (Å²) >= 11 is 0. The van der Waals surface area contributed by atoms with Crippen molar-refractivity contribution in [3.63, 3.8) is 0 Å². The lowest BCUT2D eigenvalue weighted by Crippen LogP contribution is -2.45. The lowest BCUT2D eigenvalue weighted by Gasteiger charge is -2.42. The molecule has 0 saturated carbocycles. The van der Waals surface area contributed by atoms with Crippen LogP contribution in [0.2, 0.25) is 0 Å². The Morgan fingerprint density at radius 2 is 0.842 bits per heavy atom. The summed E-state index contributed by atoms with van der Waals surface area (Å²) in [7, 11) is 0. The molecule has 12 rings (SSSR count). The Hall–Kier alpha value is -7.03. The number of benzene rings is 9. The van der Waals surface area contributed by atoms with Gasteiger partial charge < -0.3 is 4.74 Å². The molecule has 1 saturated heterocycles. The maximum absolute atomic E-state index is 13.9. The van der Waals surface area contributed by atoms with Gasteiger partial charge in [0.15, 0.2) is 0 Å². The van der Waals surface area contributed by atoms with Crippen LogP contribution in [0.15, 0.2) is 194 Å². The fourth-order valence-corrected chi connectivity index (χ4v) is 10.1. The molecule has 9 aromatic carbocycles. The fourth-order valence-electron chi connectivity index (χ4n) is 10.1. The standard InChI is InChI=1S/C55H36O2/c56-55-53-32-37(36-25-28-48-44-15-4-2-11-40(44)42-13-6-8-17-46(42)52(48)31-36)26-29-49(53)50-19-9-18-38(54(50)57-55)34-22-20-33(21-23-34)35-24-27-47-43-14-3-1-10-39(43)41-12-5-7-16-45(41)51(47)30-35/h1-32,49-50,53-54H. The zero-order chi connectivity index (χ0) is 37.6. The van der Waals surface area contributed by atoms with E-state index in [1.165, 1.54) is 70.2 Å². The first-order valence-electron chi connectivity index (χ1n) is 19.9. The summed E-state index contributed by atoms with van der Waals surface area (Å²) in [5.74, 6) is -0.429. The maximum atomic E-state index is 13.9. The van der Waals surface area contributed by atoms with Crippen molar-refractivity contribution < 1.29 is 9.53 Å². The third kappa shape index (κ3) is 4.93. The van der Waals surface area contributed by atoms with Gasteiger partial charge in [-0.3, -0.25) is 4.79 Å². The number of hydrogen-bond donors (Lipinski definition) is 0. The summed E-state index contributed by atoms with van der Waals surface area (Å²) in [5.41, 5.74) is 6.64. The molecule has 2 heteroatoms. The molecule has 1 aliphatic heterocycles. The molecular weight excluding hydrogens is 693 g/mol. The number of rotatable bonds is 3. The average Bonchev–Trinajstić information content (AvgIpc) is 3.29. The first kappa shape index (κ1) is 32.2. The van der Waals surface area contributed by atoms with Crippen molar-refractivity contribution in [2.75, 3.05) is 0 Å². The topological polar surface area (TPSA) is 26.3 Å². The van der Waals surface area contributed by atoms with Gasteiger partial charge in [0.2, 0.25) is 0 Å². The van der Waals surface area contributed by atoms with Crippen LogP contribution in [0.25, 0.3) is 86.9 Å². The number of fused-ring (bicyclic) bond motifs is 15. The van der Waals surface area contributed by atoms with Crippen molar-refractivity contribution in [2.24, 2.45) is 17.8 Å². The minimum Gasteiger partial charge on any atom is -0.456 e. The Morgan fingerprint density at radius 3 is 1.39 bits per heavy atom. The predicted molar refractivity (Wildman–Crippen MR) is 238 cm³/mol. The Labute approximate surface area is 330 Å². The molecule has 2 aliphatic carbocycles. The van der Waals surface area contributed by atoms with Gasteiger partial charge >= 0.3 is 5.97 Å². The molecule has 4 atom stereocenters. The molecule has 0 spiro atoms. The van der Waals surface area contributed by atoms with E-state index in [0.717, 1.165) is 27.8 Å². The summed E-state index contributed by atoms with van der Waals surface area (Å²) in [4.78, 5) is 13.9. The lowest BCUT2D eigenvalue weighted by molar-refractivity contribution is -0.160. The zero-order valence-electron chi connectivity index (χ0n) is 31.1. The van der Waals surface area contributed by atoms with E-state index in [2.05, 4.69) is 194 Å². The van der Waals surface area contributed by atoms with Gasteiger partial charge in [0.1, 0.15) is 6.10 Å². The molecule has 2 nitrogen and oxygen atoms in total. The molecule has 1 heterocycles. The number of esters is 1. The normalized spacial score (nSPS) is 20.2. The highest BCUT2D eigenvalue weighted by atomic mass is 16.5. The smallest absolute Gasteiger partial charge is 0.314 e. The molecule has 4 unspecified atom stereocenters. The SMILES string of the molecule is O=C1OC2C(c3ccc(-c4ccc5c6ccccc6c6ccccc6c5c4)cc3)=CC=CC2C2C=CC(c3ccc4c5ccccc5c5ccccc5c4c3)=CC12. The third-order valence-corrected chi connectivity index (χ3v) is 12.9. The van der Waals surface area contributed by atoms with Crippen LogP contribution in [0.3, 0.4) is 0 Å². The number of carbonyl (C=O) groups is 1. The fraction of sp³-hybridized carbons (Fsp3) is 0.0727. The first-order valence-corrected chi connectivity index (χ1v) is 19.9. The van der Waals surface area contributed by atoms with Gasteiger partial charge in [0.25, 0.3) is 0 Å². The van der Waals surface area contributed by atoms with Crippen LogP contribution in [0, 0.1) is 17.8 Å². The van der Waals surface area contributed by atoms with Gasteiger partial charge in [-0.2, -0.15) is 0 Å². The molecule has 3 aliphatic rings. The van der Waals surface area contributed by atoms with Gasteiger partial charge in [-0.15, -0.1) is 0 Å². The number of allylic oxidation sites excluding steroid dienone is 5. The Balaban J connectivity index is 0.844. The van der Waals surface area contributed by atoms with Crippen LogP contribution in [0.1, 0.15) is 11.1 Å². The third-order valence-electron chi connectivity index (χ3n) is 12.9. The predicted octanol–water partition coefficient (Wildman–Crippen LogP) is 13.7. The highest BCUT2D eigenvalue weighted by molar-refractivity contribution is 6.27. The molecule has 0 N–H and O–H groups in total. The molecule has 0 aromatic heterocycles. The summed E-state index contributed by atoms with van der Waals surface area (Å²) < 4.78 is 6.39.